The summed E-state index contributed by atoms with van der Waals surface area (Å²) in [4.78, 5) is 12.9. The molecule has 4 rings (SSSR count). The second kappa shape index (κ2) is 12.3. The number of carbonyl (C=O) groups excluding carboxylic acids is 1. The van der Waals surface area contributed by atoms with Crippen molar-refractivity contribution in [3.63, 3.8) is 0 Å². The zero-order valence-electron chi connectivity index (χ0n) is 19.1. The highest BCUT2D eigenvalue weighted by Crippen LogP contribution is 2.20. The number of nitrogens with one attached hydrogen (secondary N) is 2. The first-order chi connectivity index (χ1) is 17.2. The van der Waals surface area contributed by atoms with Crippen molar-refractivity contribution in [2.24, 2.45) is 0 Å². The summed E-state index contributed by atoms with van der Waals surface area (Å²) < 4.78 is 11.8. The second-order valence-corrected chi connectivity index (χ2v) is 8.20. The van der Waals surface area contributed by atoms with Gasteiger partial charge in [0.1, 0.15) is 18.1 Å². The summed E-state index contributed by atoms with van der Waals surface area (Å²) in [7, 11) is 0. The van der Waals surface area contributed by atoms with Gasteiger partial charge >= 0.3 is 0 Å². The minimum absolute atomic E-state index is 0.189. The second-order valence-electron chi connectivity index (χ2n) is 7.79. The Morgan fingerprint density at radius 1 is 0.743 bits per heavy atom. The predicted molar refractivity (Wildman–Crippen MR) is 143 cm³/mol. The summed E-state index contributed by atoms with van der Waals surface area (Å²) >= 11 is 5.37. The van der Waals surface area contributed by atoms with E-state index in [0.29, 0.717) is 36.0 Å². The molecule has 176 valence electrons. The Hall–Kier alpha value is -4.16. The molecule has 1 amide bonds. The van der Waals surface area contributed by atoms with Gasteiger partial charge in [-0.05, 0) is 47.6 Å². The van der Waals surface area contributed by atoms with Gasteiger partial charge in [0, 0.05) is 18.2 Å². The van der Waals surface area contributed by atoms with E-state index in [9.17, 15) is 4.79 Å². The first-order valence-electron chi connectivity index (χ1n) is 11.3. The van der Waals surface area contributed by atoms with E-state index in [1.54, 1.807) is 18.2 Å². The van der Waals surface area contributed by atoms with Crippen molar-refractivity contribution in [1.82, 2.24) is 5.32 Å². The Balaban J connectivity index is 1.31. The zero-order chi connectivity index (χ0) is 24.3. The normalized spacial score (nSPS) is 10.3. The number of anilines is 1. The minimum atomic E-state index is -0.339. The van der Waals surface area contributed by atoms with Crippen LogP contribution in [0.3, 0.4) is 0 Å². The Morgan fingerprint density at radius 3 is 2.20 bits per heavy atom. The van der Waals surface area contributed by atoms with Crippen LogP contribution >= 0.6 is 12.2 Å². The molecule has 4 aromatic rings. The highest BCUT2D eigenvalue weighted by molar-refractivity contribution is 7.80. The van der Waals surface area contributed by atoms with Gasteiger partial charge < -0.3 is 14.8 Å². The van der Waals surface area contributed by atoms with Crippen molar-refractivity contribution in [2.75, 3.05) is 11.9 Å². The van der Waals surface area contributed by atoms with Crippen LogP contribution in [0.25, 0.3) is 0 Å². The monoisotopic (exact) mass is 482 g/mol. The van der Waals surface area contributed by atoms with Crippen LogP contribution in [-0.2, 0) is 13.0 Å². The molecule has 0 saturated carbocycles. The molecule has 5 nitrogen and oxygen atoms in total. The lowest BCUT2D eigenvalue weighted by Crippen LogP contribution is -2.34. The van der Waals surface area contributed by atoms with Gasteiger partial charge in [0.15, 0.2) is 5.11 Å². The standard InChI is InChI=1S/C29H26N2O3S/c32-28(26-16-7-8-17-27(26)33-19-18-22-10-3-1-4-11-22)31-29(35)30-24-14-9-15-25(20-24)34-21-23-12-5-2-6-13-23/h1-17,20H,18-19,21H2,(H2,30,31,32,35). The van der Waals surface area contributed by atoms with Crippen molar-refractivity contribution in [2.45, 2.75) is 13.0 Å². The molecule has 0 bridgehead atoms. The quantitative estimate of drug-likeness (QED) is 0.286. The molecule has 4 aromatic carbocycles. The summed E-state index contributed by atoms with van der Waals surface area (Å²) in [5.74, 6) is 0.875. The fraction of sp³-hybridized carbons (Fsp3) is 0.103. The van der Waals surface area contributed by atoms with Crippen molar-refractivity contribution >= 4 is 28.9 Å². The third-order valence-corrected chi connectivity index (χ3v) is 5.39. The summed E-state index contributed by atoms with van der Waals surface area (Å²) in [6.45, 7) is 0.930. The van der Waals surface area contributed by atoms with Crippen LogP contribution in [-0.4, -0.2) is 17.6 Å². The van der Waals surface area contributed by atoms with Gasteiger partial charge in [0.2, 0.25) is 0 Å². The molecular formula is C29H26N2O3S. The number of hydrogen-bond donors (Lipinski definition) is 2. The number of benzene rings is 4. The molecule has 0 atom stereocenters. The smallest absolute Gasteiger partial charge is 0.261 e. The van der Waals surface area contributed by atoms with E-state index in [1.165, 1.54) is 5.56 Å². The predicted octanol–water partition coefficient (Wildman–Crippen LogP) is 6.01. The summed E-state index contributed by atoms with van der Waals surface area (Å²) in [6, 6.07) is 34.6. The molecule has 35 heavy (non-hydrogen) atoms. The fourth-order valence-electron chi connectivity index (χ4n) is 3.44. The Kier molecular flexibility index (Phi) is 8.46. The molecule has 0 aliphatic carbocycles. The van der Waals surface area contributed by atoms with E-state index >= 15 is 0 Å². The van der Waals surface area contributed by atoms with Gasteiger partial charge in [0.05, 0.1) is 12.2 Å². The SMILES string of the molecule is O=C(NC(=S)Nc1cccc(OCc2ccccc2)c1)c1ccccc1OCCc1ccccc1. The molecule has 0 aliphatic rings. The van der Waals surface area contributed by atoms with Gasteiger partial charge in [-0.1, -0.05) is 78.9 Å². The van der Waals surface area contributed by atoms with Crippen molar-refractivity contribution in [1.29, 1.82) is 0 Å². The zero-order valence-corrected chi connectivity index (χ0v) is 20.0. The first-order valence-corrected chi connectivity index (χ1v) is 11.7. The molecule has 0 unspecified atom stereocenters. The van der Waals surface area contributed by atoms with E-state index in [4.69, 9.17) is 21.7 Å². The van der Waals surface area contributed by atoms with Crippen LogP contribution in [0.15, 0.2) is 109 Å². The van der Waals surface area contributed by atoms with Crippen molar-refractivity contribution in [3.8, 4) is 11.5 Å². The van der Waals surface area contributed by atoms with Gasteiger partial charge in [-0.3, -0.25) is 10.1 Å². The minimum Gasteiger partial charge on any atom is -0.492 e. The highest BCUT2D eigenvalue weighted by Gasteiger charge is 2.14. The first kappa shape index (κ1) is 24.0. The van der Waals surface area contributed by atoms with Crippen LogP contribution in [0.1, 0.15) is 21.5 Å². The number of ether oxygens (including phenoxy) is 2. The number of para-hydroxylation sites is 1. The number of carbonyl (C=O) groups is 1. The lowest BCUT2D eigenvalue weighted by molar-refractivity contribution is 0.0974. The van der Waals surface area contributed by atoms with Gasteiger partial charge in [-0.2, -0.15) is 0 Å². The maximum Gasteiger partial charge on any atom is 0.261 e. The fourth-order valence-corrected chi connectivity index (χ4v) is 3.65. The average molecular weight is 483 g/mol. The van der Waals surface area contributed by atoms with E-state index in [2.05, 4.69) is 10.6 Å². The molecule has 0 heterocycles. The molecule has 0 radical (unpaired) electrons. The molecule has 6 heteroatoms. The third kappa shape index (κ3) is 7.42. The highest BCUT2D eigenvalue weighted by atomic mass is 32.1. The Morgan fingerprint density at radius 2 is 1.43 bits per heavy atom. The average Bonchev–Trinajstić information content (AvgIpc) is 2.89. The molecule has 0 aromatic heterocycles. The van der Waals surface area contributed by atoms with Gasteiger partial charge in [0.25, 0.3) is 5.91 Å². The van der Waals surface area contributed by atoms with E-state index in [-0.39, 0.29) is 11.0 Å². The summed E-state index contributed by atoms with van der Waals surface area (Å²) in [5, 5.41) is 5.96. The molecular weight excluding hydrogens is 456 g/mol. The molecule has 0 saturated heterocycles. The van der Waals surface area contributed by atoms with Crippen LogP contribution in [0.5, 0.6) is 11.5 Å². The molecule has 0 spiro atoms. The van der Waals surface area contributed by atoms with E-state index in [0.717, 1.165) is 12.0 Å². The Bertz CT molecular complexity index is 1260. The molecule has 0 fully saturated rings. The largest absolute Gasteiger partial charge is 0.492 e. The van der Waals surface area contributed by atoms with Crippen molar-refractivity contribution in [3.05, 3.63) is 126 Å². The lowest BCUT2D eigenvalue weighted by Gasteiger charge is -2.14. The topological polar surface area (TPSA) is 59.6 Å². The van der Waals surface area contributed by atoms with Crippen LogP contribution in [0.4, 0.5) is 5.69 Å². The van der Waals surface area contributed by atoms with E-state index in [1.807, 2.05) is 91.0 Å². The lowest BCUT2D eigenvalue weighted by atomic mass is 10.1. The Labute approximate surface area is 210 Å². The summed E-state index contributed by atoms with van der Waals surface area (Å²) in [5.41, 5.74) is 3.39. The third-order valence-electron chi connectivity index (χ3n) is 5.19. The van der Waals surface area contributed by atoms with Crippen LogP contribution in [0, 0.1) is 0 Å². The number of amides is 1. The molecule has 0 aliphatic heterocycles. The van der Waals surface area contributed by atoms with Gasteiger partial charge in [-0.25, -0.2) is 0 Å². The maximum atomic E-state index is 12.9. The number of rotatable bonds is 9. The number of thiocarbonyl (C=S) groups is 1. The van der Waals surface area contributed by atoms with Gasteiger partial charge in [-0.15, -0.1) is 0 Å². The van der Waals surface area contributed by atoms with Crippen molar-refractivity contribution < 1.29 is 14.3 Å². The summed E-state index contributed by atoms with van der Waals surface area (Å²) in [6.07, 6.45) is 0.749. The van der Waals surface area contributed by atoms with Crippen LogP contribution < -0.4 is 20.1 Å². The van der Waals surface area contributed by atoms with E-state index < -0.39 is 0 Å². The van der Waals surface area contributed by atoms with Crippen LogP contribution in [0.2, 0.25) is 0 Å². The molecule has 2 N–H and O–H groups in total. The maximum absolute atomic E-state index is 12.9. The number of hydrogen-bond acceptors (Lipinski definition) is 4.